The van der Waals surface area contributed by atoms with Crippen molar-refractivity contribution in [3.05, 3.63) is 0 Å². The van der Waals surface area contributed by atoms with Gasteiger partial charge in [-0.2, -0.15) is 0 Å². The van der Waals surface area contributed by atoms with Gasteiger partial charge in [-0.25, -0.2) is 0 Å². The lowest BCUT2D eigenvalue weighted by Crippen LogP contribution is -2.48. The van der Waals surface area contributed by atoms with Crippen molar-refractivity contribution >= 4 is 5.97 Å². The molecule has 0 aromatic carbocycles. The van der Waals surface area contributed by atoms with Crippen LogP contribution in [0.25, 0.3) is 0 Å². The van der Waals surface area contributed by atoms with Gasteiger partial charge in [-0.3, -0.25) is 4.79 Å². The van der Waals surface area contributed by atoms with Crippen molar-refractivity contribution < 1.29 is 14.6 Å². The molecule has 0 aromatic rings. The SMILES string of the molecule is CC(C)CN(C)CC1(C(=O)O)CCCOC1. The second-order valence-corrected chi connectivity index (χ2v) is 5.33. The Bertz CT molecular complexity index is 234. The Morgan fingerprint density at radius 3 is 2.69 bits per heavy atom. The highest BCUT2D eigenvalue weighted by Crippen LogP contribution is 2.30. The second-order valence-electron chi connectivity index (χ2n) is 5.33. The minimum atomic E-state index is -0.720. The zero-order valence-electron chi connectivity index (χ0n) is 10.5. The van der Waals surface area contributed by atoms with E-state index in [2.05, 4.69) is 18.7 Å². The van der Waals surface area contributed by atoms with E-state index in [0.29, 0.717) is 25.7 Å². The number of carboxylic acids is 1. The van der Waals surface area contributed by atoms with E-state index in [1.807, 2.05) is 7.05 Å². The summed E-state index contributed by atoms with van der Waals surface area (Å²) >= 11 is 0. The molecule has 0 aliphatic carbocycles. The number of ether oxygens (including phenoxy) is 1. The van der Waals surface area contributed by atoms with E-state index in [9.17, 15) is 9.90 Å². The summed E-state index contributed by atoms with van der Waals surface area (Å²) in [5.74, 6) is -0.164. The minimum Gasteiger partial charge on any atom is -0.481 e. The van der Waals surface area contributed by atoms with Gasteiger partial charge >= 0.3 is 5.97 Å². The largest absolute Gasteiger partial charge is 0.481 e. The van der Waals surface area contributed by atoms with Gasteiger partial charge in [0.25, 0.3) is 0 Å². The van der Waals surface area contributed by atoms with Crippen LogP contribution in [0.5, 0.6) is 0 Å². The van der Waals surface area contributed by atoms with E-state index in [0.717, 1.165) is 19.4 Å². The molecular weight excluding hydrogens is 206 g/mol. The van der Waals surface area contributed by atoms with E-state index in [1.165, 1.54) is 0 Å². The van der Waals surface area contributed by atoms with Crippen LogP contribution in [0.15, 0.2) is 0 Å². The van der Waals surface area contributed by atoms with Gasteiger partial charge in [0.15, 0.2) is 0 Å². The van der Waals surface area contributed by atoms with Crippen LogP contribution >= 0.6 is 0 Å². The third kappa shape index (κ3) is 3.46. The maximum atomic E-state index is 11.4. The fraction of sp³-hybridized carbons (Fsp3) is 0.917. The molecule has 0 bridgehead atoms. The fourth-order valence-corrected chi connectivity index (χ4v) is 2.42. The van der Waals surface area contributed by atoms with Gasteiger partial charge < -0.3 is 14.7 Å². The maximum absolute atomic E-state index is 11.4. The number of rotatable bonds is 5. The molecular formula is C12H23NO3. The molecule has 0 amide bonds. The van der Waals surface area contributed by atoms with Crippen molar-refractivity contribution in [1.82, 2.24) is 4.90 Å². The standard InChI is InChI=1S/C12H23NO3/c1-10(2)7-13(3)8-12(11(14)15)5-4-6-16-9-12/h10H,4-9H2,1-3H3,(H,14,15). The third-order valence-corrected chi connectivity index (χ3v) is 3.03. The lowest BCUT2D eigenvalue weighted by molar-refractivity contribution is -0.159. The Morgan fingerprint density at radius 1 is 1.56 bits per heavy atom. The highest BCUT2D eigenvalue weighted by molar-refractivity contribution is 5.75. The van der Waals surface area contributed by atoms with Crippen molar-refractivity contribution in [2.24, 2.45) is 11.3 Å². The number of carboxylic acid groups (broad SMARTS) is 1. The topological polar surface area (TPSA) is 49.8 Å². The van der Waals surface area contributed by atoms with E-state index >= 15 is 0 Å². The molecule has 1 fully saturated rings. The van der Waals surface area contributed by atoms with E-state index in [4.69, 9.17) is 4.74 Å². The zero-order chi connectivity index (χ0) is 12.2. The number of nitrogens with zero attached hydrogens (tertiary/aromatic N) is 1. The lowest BCUT2D eigenvalue weighted by atomic mass is 9.82. The average molecular weight is 229 g/mol. The Morgan fingerprint density at radius 2 is 2.25 bits per heavy atom. The number of aliphatic carboxylic acids is 1. The van der Waals surface area contributed by atoms with Crippen molar-refractivity contribution in [3.63, 3.8) is 0 Å². The van der Waals surface area contributed by atoms with Gasteiger partial charge in [-0.1, -0.05) is 13.8 Å². The number of carbonyl (C=O) groups is 1. The minimum absolute atomic E-state index is 0.352. The molecule has 4 heteroatoms. The predicted octanol–water partition coefficient (Wildman–Crippen LogP) is 1.46. The van der Waals surface area contributed by atoms with Crippen LogP contribution in [-0.2, 0) is 9.53 Å². The summed E-state index contributed by atoms with van der Waals surface area (Å²) in [5.41, 5.74) is -0.693. The Hall–Kier alpha value is -0.610. The quantitative estimate of drug-likeness (QED) is 0.775. The molecule has 4 nitrogen and oxygen atoms in total. The number of hydrogen-bond donors (Lipinski definition) is 1. The van der Waals surface area contributed by atoms with Crippen LogP contribution in [0.3, 0.4) is 0 Å². The van der Waals surface area contributed by atoms with Crippen molar-refractivity contribution in [2.75, 3.05) is 33.4 Å². The Kier molecular flexibility index (Phi) is 4.74. The van der Waals surface area contributed by atoms with Crippen molar-refractivity contribution in [2.45, 2.75) is 26.7 Å². The third-order valence-electron chi connectivity index (χ3n) is 3.03. The summed E-state index contributed by atoms with van der Waals surface area (Å²) in [4.78, 5) is 13.5. The molecule has 16 heavy (non-hydrogen) atoms. The molecule has 0 radical (unpaired) electrons. The maximum Gasteiger partial charge on any atom is 0.313 e. The van der Waals surface area contributed by atoms with Crippen LogP contribution in [0.1, 0.15) is 26.7 Å². The molecule has 1 N–H and O–H groups in total. The molecule has 94 valence electrons. The summed E-state index contributed by atoms with van der Waals surface area (Å²) < 4.78 is 5.35. The molecule has 0 aromatic heterocycles. The molecule has 1 aliphatic rings. The highest BCUT2D eigenvalue weighted by atomic mass is 16.5. The van der Waals surface area contributed by atoms with Gasteiger partial charge in [0.2, 0.25) is 0 Å². The molecule has 0 spiro atoms. The van der Waals surface area contributed by atoms with Gasteiger partial charge in [0, 0.05) is 19.7 Å². The Labute approximate surface area is 97.6 Å². The molecule has 1 heterocycles. The zero-order valence-corrected chi connectivity index (χ0v) is 10.5. The molecule has 1 rings (SSSR count). The highest BCUT2D eigenvalue weighted by Gasteiger charge is 2.41. The summed E-state index contributed by atoms with van der Waals surface area (Å²) in [6.45, 7) is 6.84. The van der Waals surface area contributed by atoms with Crippen LogP contribution in [0.2, 0.25) is 0 Å². The lowest BCUT2D eigenvalue weighted by Gasteiger charge is -2.36. The summed E-state index contributed by atoms with van der Waals surface area (Å²) in [6.07, 6.45) is 1.58. The molecule has 1 unspecified atom stereocenters. The van der Waals surface area contributed by atoms with Crippen LogP contribution in [0.4, 0.5) is 0 Å². The van der Waals surface area contributed by atoms with Crippen molar-refractivity contribution in [1.29, 1.82) is 0 Å². The first-order chi connectivity index (χ1) is 7.46. The molecule has 1 saturated heterocycles. The number of hydrogen-bond acceptors (Lipinski definition) is 3. The summed E-state index contributed by atoms with van der Waals surface area (Å²) in [7, 11) is 1.99. The first kappa shape index (κ1) is 13.5. The normalized spacial score (nSPS) is 26.3. The first-order valence-electron chi connectivity index (χ1n) is 5.96. The van der Waals surface area contributed by atoms with Gasteiger partial charge in [-0.05, 0) is 25.8 Å². The van der Waals surface area contributed by atoms with Crippen LogP contribution < -0.4 is 0 Å². The van der Waals surface area contributed by atoms with Gasteiger partial charge in [0.1, 0.15) is 5.41 Å². The summed E-state index contributed by atoms with van der Waals surface area (Å²) in [6, 6.07) is 0. The average Bonchev–Trinajstić information content (AvgIpc) is 2.17. The van der Waals surface area contributed by atoms with E-state index in [-0.39, 0.29) is 0 Å². The van der Waals surface area contributed by atoms with Crippen LogP contribution in [-0.4, -0.2) is 49.3 Å². The monoisotopic (exact) mass is 229 g/mol. The van der Waals surface area contributed by atoms with E-state index < -0.39 is 11.4 Å². The Balaban J connectivity index is 2.60. The molecule has 0 saturated carbocycles. The van der Waals surface area contributed by atoms with Gasteiger partial charge in [-0.15, -0.1) is 0 Å². The first-order valence-corrected chi connectivity index (χ1v) is 5.96. The fourth-order valence-electron chi connectivity index (χ4n) is 2.42. The molecule has 1 atom stereocenters. The van der Waals surface area contributed by atoms with Crippen molar-refractivity contribution in [3.8, 4) is 0 Å². The smallest absolute Gasteiger partial charge is 0.313 e. The summed E-state index contributed by atoms with van der Waals surface area (Å²) in [5, 5.41) is 9.37. The van der Waals surface area contributed by atoms with Gasteiger partial charge in [0.05, 0.1) is 6.61 Å². The predicted molar refractivity (Wildman–Crippen MR) is 62.5 cm³/mol. The molecule has 1 aliphatic heterocycles. The second kappa shape index (κ2) is 5.64. The van der Waals surface area contributed by atoms with E-state index in [1.54, 1.807) is 0 Å². The van der Waals surface area contributed by atoms with Crippen LogP contribution in [0, 0.1) is 11.3 Å².